The zero-order valence-electron chi connectivity index (χ0n) is 15.1. The average Bonchev–Trinajstić information content (AvgIpc) is 3.11. The number of ether oxygens (including phenoxy) is 2. The molecule has 0 saturated carbocycles. The van der Waals surface area contributed by atoms with E-state index in [0.717, 1.165) is 10.9 Å². The molecule has 0 atom stereocenters. The number of carbonyl (C=O) groups is 2. The Kier molecular flexibility index (Phi) is 5.25. The standard InChI is InChI=1S/C19H17N3O6/c1-11-7-16(22(25)26)17(27-2)9-14(11)21-18(23)10-28-19(24)15-8-12-5-3-4-6-13(12)20-15/h3-9,20H,10H2,1-2H3,(H,21,23). The predicted octanol–water partition coefficient (Wildman–Crippen LogP) is 3.19. The molecule has 0 unspecified atom stereocenters. The highest BCUT2D eigenvalue weighted by Gasteiger charge is 2.19. The van der Waals surface area contributed by atoms with Crippen molar-refractivity contribution in [1.29, 1.82) is 0 Å². The van der Waals surface area contributed by atoms with Gasteiger partial charge >= 0.3 is 11.7 Å². The van der Waals surface area contributed by atoms with Gasteiger partial charge in [0.15, 0.2) is 12.4 Å². The molecule has 0 radical (unpaired) electrons. The van der Waals surface area contributed by atoms with Gasteiger partial charge in [-0.25, -0.2) is 4.79 Å². The number of nitrogens with one attached hydrogen (secondary N) is 2. The SMILES string of the molecule is COc1cc(NC(=O)COC(=O)c2cc3ccccc3[nH]2)c(C)cc1[N+](=O)[O-]. The van der Waals surface area contributed by atoms with Gasteiger partial charge in [0.1, 0.15) is 5.69 Å². The van der Waals surface area contributed by atoms with Crippen molar-refractivity contribution in [3.8, 4) is 5.75 Å². The second kappa shape index (κ2) is 7.78. The number of methoxy groups -OCH3 is 1. The lowest BCUT2D eigenvalue weighted by Crippen LogP contribution is -2.21. The van der Waals surface area contributed by atoms with Crippen LogP contribution in [0.15, 0.2) is 42.5 Å². The molecule has 0 fully saturated rings. The van der Waals surface area contributed by atoms with E-state index in [0.29, 0.717) is 11.3 Å². The monoisotopic (exact) mass is 383 g/mol. The molecule has 3 rings (SSSR count). The zero-order valence-corrected chi connectivity index (χ0v) is 15.1. The van der Waals surface area contributed by atoms with E-state index in [2.05, 4.69) is 10.3 Å². The van der Waals surface area contributed by atoms with E-state index in [-0.39, 0.29) is 17.1 Å². The van der Waals surface area contributed by atoms with Gasteiger partial charge in [-0.1, -0.05) is 18.2 Å². The number of amides is 1. The van der Waals surface area contributed by atoms with Crippen molar-refractivity contribution < 1.29 is 24.0 Å². The number of esters is 1. The summed E-state index contributed by atoms with van der Waals surface area (Å²) < 4.78 is 10.0. The molecule has 144 valence electrons. The molecule has 0 aliphatic heterocycles. The number of carbonyl (C=O) groups excluding carboxylic acids is 2. The molecule has 3 aromatic rings. The molecular weight excluding hydrogens is 366 g/mol. The summed E-state index contributed by atoms with van der Waals surface area (Å²) in [5.41, 5.74) is 1.62. The van der Waals surface area contributed by atoms with Crippen LogP contribution in [0.3, 0.4) is 0 Å². The van der Waals surface area contributed by atoms with Crippen LogP contribution in [0.5, 0.6) is 5.75 Å². The summed E-state index contributed by atoms with van der Waals surface area (Å²) in [5.74, 6) is -1.23. The van der Waals surface area contributed by atoms with Crippen LogP contribution in [0, 0.1) is 17.0 Å². The minimum atomic E-state index is -0.663. The fourth-order valence-corrected chi connectivity index (χ4v) is 2.69. The number of H-pyrrole nitrogens is 1. The first kappa shape index (κ1) is 18.9. The number of hydrogen-bond acceptors (Lipinski definition) is 6. The lowest BCUT2D eigenvalue weighted by Gasteiger charge is -2.11. The van der Waals surface area contributed by atoms with Gasteiger partial charge in [-0.3, -0.25) is 14.9 Å². The third kappa shape index (κ3) is 3.93. The van der Waals surface area contributed by atoms with Crippen LogP contribution in [0.25, 0.3) is 10.9 Å². The van der Waals surface area contributed by atoms with Gasteiger partial charge in [-0.15, -0.1) is 0 Å². The topological polar surface area (TPSA) is 124 Å². The Bertz CT molecular complexity index is 1040. The van der Waals surface area contributed by atoms with Gasteiger partial charge in [-0.2, -0.15) is 0 Å². The van der Waals surface area contributed by atoms with Crippen LogP contribution in [-0.4, -0.2) is 35.5 Å². The van der Waals surface area contributed by atoms with Gasteiger partial charge in [-0.05, 0) is 24.6 Å². The molecule has 1 heterocycles. The van der Waals surface area contributed by atoms with Crippen molar-refractivity contribution in [2.45, 2.75) is 6.92 Å². The number of hydrogen-bond donors (Lipinski definition) is 2. The van der Waals surface area contributed by atoms with E-state index >= 15 is 0 Å². The maximum atomic E-state index is 12.1. The van der Waals surface area contributed by atoms with Gasteiger partial charge < -0.3 is 19.8 Å². The Hall–Kier alpha value is -3.88. The highest BCUT2D eigenvalue weighted by molar-refractivity contribution is 5.98. The molecule has 2 N–H and O–H groups in total. The van der Waals surface area contributed by atoms with Crippen LogP contribution >= 0.6 is 0 Å². The van der Waals surface area contributed by atoms with Crippen molar-refractivity contribution >= 4 is 34.2 Å². The van der Waals surface area contributed by atoms with E-state index in [4.69, 9.17) is 9.47 Å². The molecule has 0 bridgehead atoms. The van der Waals surface area contributed by atoms with E-state index < -0.39 is 23.4 Å². The molecule has 0 saturated heterocycles. The first-order valence-electron chi connectivity index (χ1n) is 8.27. The smallest absolute Gasteiger partial charge is 0.355 e. The van der Waals surface area contributed by atoms with Crippen LogP contribution in [0.4, 0.5) is 11.4 Å². The second-order valence-corrected chi connectivity index (χ2v) is 5.99. The quantitative estimate of drug-likeness (QED) is 0.383. The Morgan fingerprint density at radius 2 is 1.96 bits per heavy atom. The molecular formula is C19H17N3O6. The molecule has 0 aliphatic rings. The summed E-state index contributed by atoms with van der Waals surface area (Å²) in [6.07, 6.45) is 0. The molecule has 0 aliphatic carbocycles. The number of para-hydroxylation sites is 1. The van der Waals surface area contributed by atoms with Gasteiger partial charge in [0, 0.05) is 28.7 Å². The predicted molar refractivity (Wildman–Crippen MR) is 102 cm³/mol. The number of nitrogens with zero attached hydrogens (tertiary/aromatic N) is 1. The van der Waals surface area contributed by atoms with Crippen LogP contribution < -0.4 is 10.1 Å². The van der Waals surface area contributed by atoms with Crippen LogP contribution in [0.2, 0.25) is 0 Å². The lowest BCUT2D eigenvalue weighted by molar-refractivity contribution is -0.385. The van der Waals surface area contributed by atoms with E-state index in [9.17, 15) is 19.7 Å². The molecule has 9 nitrogen and oxygen atoms in total. The van der Waals surface area contributed by atoms with E-state index in [1.54, 1.807) is 13.0 Å². The number of anilines is 1. The number of aromatic amines is 1. The Labute approximate surface area is 159 Å². The molecule has 1 aromatic heterocycles. The Morgan fingerprint density at radius 1 is 1.21 bits per heavy atom. The first-order chi connectivity index (χ1) is 13.4. The van der Waals surface area contributed by atoms with Crippen molar-refractivity contribution in [2.75, 3.05) is 19.0 Å². The maximum Gasteiger partial charge on any atom is 0.355 e. The van der Waals surface area contributed by atoms with Crippen molar-refractivity contribution in [3.05, 3.63) is 63.8 Å². The van der Waals surface area contributed by atoms with Gasteiger partial charge in [0.05, 0.1) is 12.0 Å². The number of aromatic nitrogens is 1. The lowest BCUT2D eigenvalue weighted by atomic mass is 10.1. The molecule has 2 aromatic carbocycles. The average molecular weight is 383 g/mol. The van der Waals surface area contributed by atoms with Gasteiger partial charge in [0.2, 0.25) is 0 Å². The zero-order chi connectivity index (χ0) is 20.3. The summed E-state index contributed by atoms with van der Waals surface area (Å²) in [6, 6.07) is 11.6. The first-order valence-corrected chi connectivity index (χ1v) is 8.27. The van der Waals surface area contributed by atoms with E-state index in [1.807, 2.05) is 24.3 Å². The number of benzene rings is 2. The van der Waals surface area contributed by atoms with Crippen molar-refractivity contribution in [2.24, 2.45) is 0 Å². The largest absolute Gasteiger partial charge is 0.490 e. The summed E-state index contributed by atoms with van der Waals surface area (Å²) in [4.78, 5) is 37.6. The normalized spacial score (nSPS) is 10.5. The van der Waals surface area contributed by atoms with Crippen molar-refractivity contribution in [1.82, 2.24) is 4.98 Å². The summed E-state index contributed by atoms with van der Waals surface area (Å²) in [5, 5.41) is 14.4. The molecule has 9 heteroatoms. The number of rotatable bonds is 6. The fourth-order valence-electron chi connectivity index (χ4n) is 2.69. The van der Waals surface area contributed by atoms with Crippen LogP contribution in [0.1, 0.15) is 16.1 Å². The molecule has 28 heavy (non-hydrogen) atoms. The molecule has 0 spiro atoms. The van der Waals surface area contributed by atoms with Crippen LogP contribution in [-0.2, 0) is 9.53 Å². The molecule has 1 amide bonds. The number of aryl methyl sites for hydroxylation is 1. The maximum absolute atomic E-state index is 12.1. The summed E-state index contributed by atoms with van der Waals surface area (Å²) in [6.45, 7) is 1.10. The Balaban J connectivity index is 1.65. The minimum absolute atomic E-state index is 0.0148. The third-order valence-electron chi connectivity index (χ3n) is 4.08. The second-order valence-electron chi connectivity index (χ2n) is 5.99. The number of nitro benzene ring substituents is 1. The van der Waals surface area contributed by atoms with Crippen molar-refractivity contribution in [3.63, 3.8) is 0 Å². The third-order valence-corrected chi connectivity index (χ3v) is 4.08. The Morgan fingerprint density at radius 3 is 2.64 bits per heavy atom. The fraction of sp³-hybridized carbons (Fsp3) is 0.158. The minimum Gasteiger partial charge on any atom is -0.490 e. The highest BCUT2D eigenvalue weighted by atomic mass is 16.6. The number of fused-ring (bicyclic) bond motifs is 1. The van der Waals surface area contributed by atoms with Gasteiger partial charge in [0.25, 0.3) is 5.91 Å². The summed E-state index contributed by atoms with van der Waals surface area (Å²) >= 11 is 0. The summed E-state index contributed by atoms with van der Waals surface area (Å²) in [7, 11) is 1.30. The highest BCUT2D eigenvalue weighted by Crippen LogP contribution is 2.32. The number of nitro groups is 1. The van der Waals surface area contributed by atoms with E-state index in [1.165, 1.54) is 19.2 Å².